The summed E-state index contributed by atoms with van der Waals surface area (Å²) in [5.74, 6) is -0.991. The molecule has 0 fully saturated rings. The van der Waals surface area contributed by atoms with Crippen LogP contribution in [0, 0.1) is 0 Å². The van der Waals surface area contributed by atoms with Crippen molar-refractivity contribution >= 4 is 19.8 Å². The van der Waals surface area contributed by atoms with E-state index in [0.29, 0.717) is 12.8 Å². The van der Waals surface area contributed by atoms with Gasteiger partial charge < -0.3 is 19.3 Å². The van der Waals surface area contributed by atoms with Gasteiger partial charge in [0.2, 0.25) is 0 Å². The van der Waals surface area contributed by atoms with Crippen LogP contribution in [0.2, 0.25) is 0 Å². The fourth-order valence-corrected chi connectivity index (χ4v) is 4.76. The second-order valence-corrected chi connectivity index (χ2v) is 12.7. The van der Waals surface area contributed by atoms with Crippen molar-refractivity contribution in [3.63, 3.8) is 0 Å². The van der Waals surface area contributed by atoms with E-state index in [1.807, 2.05) is 12.2 Å². The van der Waals surface area contributed by atoms with E-state index < -0.39 is 32.5 Å². The minimum Gasteiger partial charge on any atom is -0.462 e. The molecule has 8 nitrogen and oxygen atoms in total. The zero-order chi connectivity index (χ0) is 34.7. The molecule has 268 valence electrons. The molecule has 0 radical (unpaired) electrons. The second kappa shape index (κ2) is 33.4. The lowest BCUT2D eigenvalue weighted by Crippen LogP contribution is -2.29. The second-order valence-electron chi connectivity index (χ2n) is 11.5. The number of esters is 2. The first kappa shape index (κ1) is 44.5. The Morgan fingerprint density at radius 2 is 1.02 bits per heavy atom. The van der Waals surface area contributed by atoms with E-state index >= 15 is 0 Å². The minimum atomic E-state index is -4.76. The van der Waals surface area contributed by atoms with Gasteiger partial charge in [-0.2, -0.15) is 0 Å². The van der Waals surface area contributed by atoms with Crippen LogP contribution in [0.15, 0.2) is 72.9 Å². The van der Waals surface area contributed by atoms with E-state index in [0.717, 1.165) is 57.8 Å². The molecule has 0 aromatic rings. The van der Waals surface area contributed by atoms with Crippen LogP contribution >= 0.6 is 7.82 Å². The van der Waals surface area contributed by atoms with Crippen molar-refractivity contribution in [3.05, 3.63) is 72.9 Å². The average Bonchev–Trinajstić information content (AvgIpc) is 3.04. The molecule has 0 saturated heterocycles. The molecule has 0 amide bonds. The molecule has 0 aliphatic carbocycles. The standard InChI is InChI=1S/C38H63O8P/c1-3-5-7-9-11-13-15-16-17-18-19-20-21-22-23-25-26-28-30-32-37(39)44-34-36(35-45-47(41,42)43)46-38(40)33-31-29-27-24-14-12-10-8-6-4-2/h5,7,11,13,16-17,19-20,22-23,26,28,36H,3-4,6,8-10,12,14-15,18,21,24-25,27,29-35H2,1-2H3,(H2,41,42,43)/b7-5+,13-11+,17-16+,20-19+,23-22+,28-26+/t36-/m1/s1. The Morgan fingerprint density at radius 3 is 1.49 bits per heavy atom. The number of hydrogen-bond acceptors (Lipinski definition) is 6. The van der Waals surface area contributed by atoms with Gasteiger partial charge in [-0.15, -0.1) is 0 Å². The third-order valence-electron chi connectivity index (χ3n) is 7.00. The molecule has 0 unspecified atom stereocenters. The van der Waals surface area contributed by atoms with Gasteiger partial charge in [-0.05, 0) is 51.4 Å². The lowest BCUT2D eigenvalue weighted by Gasteiger charge is -2.18. The number of phosphoric ester groups is 1. The highest BCUT2D eigenvalue weighted by molar-refractivity contribution is 7.46. The summed E-state index contributed by atoms with van der Waals surface area (Å²) in [6, 6.07) is 0. The molecule has 0 saturated carbocycles. The molecular formula is C38H63O8P. The van der Waals surface area contributed by atoms with E-state index in [4.69, 9.17) is 19.3 Å². The van der Waals surface area contributed by atoms with Gasteiger partial charge in [0.15, 0.2) is 6.10 Å². The molecule has 0 heterocycles. The lowest BCUT2D eigenvalue weighted by molar-refractivity contribution is -0.161. The van der Waals surface area contributed by atoms with Crippen LogP contribution < -0.4 is 0 Å². The summed E-state index contributed by atoms with van der Waals surface area (Å²) in [5, 5.41) is 0. The number of ether oxygens (including phenoxy) is 2. The summed E-state index contributed by atoms with van der Waals surface area (Å²) in [7, 11) is -4.76. The first-order chi connectivity index (χ1) is 22.8. The fourth-order valence-electron chi connectivity index (χ4n) is 4.40. The molecule has 0 aromatic heterocycles. The molecule has 1 atom stereocenters. The van der Waals surface area contributed by atoms with Crippen LogP contribution in [0.3, 0.4) is 0 Å². The molecule has 0 spiro atoms. The Bertz CT molecular complexity index is 990. The summed E-state index contributed by atoms with van der Waals surface area (Å²) < 4.78 is 26.1. The summed E-state index contributed by atoms with van der Waals surface area (Å²) in [6.07, 6.45) is 42.1. The van der Waals surface area contributed by atoms with Gasteiger partial charge in [0.1, 0.15) is 6.61 Å². The topological polar surface area (TPSA) is 119 Å². The molecule has 0 aliphatic heterocycles. The summed E-state index contributed by atoms with van der Waals surface area (Å²) in [6.45, 7) is 3.46. The molecule has 0 rings (SSSR count). The zero-order valence-corrected chi connectivity index (χ0v) is 30.0. The number of hydrogen-bond donors (Lipinski definition) is 2. The lowest BCUT2D eigenvalue weighted by atomic mass is 10.1. The molecular weight excluding hydrogens is 615 g/mol. The Balaban J connectivity index is 4.13. The van der Waals surface area contributed by atoms with E-state index in [2.05, 4.69) is 79.1 Å². The van der Waals surface area contributed by atoms with Crippen LogP contribution in [0.5, 0.6) is 0 Å². The normalized spacial score (nSPS) is 13.4. The molecule has 2 N–H and O–H groups in total. The van der Waals surface area contributed by atoms with E-state index in [9.17, 15) is 14.2 Å². The number of carbonyl (C=O) groups excluding carboxylic acids is 2. The van der Waals surface area contributed by atoms with Crippen LogP contribution in [0.1, 0.15) is 136 Å². The van der Waals surface area contributed by atoms with Gasteiger partial charge in [-0.3, -0.25) is 14.1 Å². The summed E-state index contributed by atoms with van der Waals surface area (Å²) in [5.41, 5.74) is 0. The van der Waals surface area contributed by atoms with E-state index in [1.165, 1.54) is 38.5 Å². The van der Waals surface area contributed by atoms with Crippen LogP contribution in [-0.4, -0.2) is 41.0 Å². The maximum atomic E-state index is 12.3. The van der Waals surface area contributed by atoms with Gasteiger partial charge in [0, 0.05) is 12.8 Å². The highest BCUT2D eigenvalue weighted by atomic mass is 31.2. The van der Waals surface area contributed by atoms with Crippen molar-refractivity contribution in [1.29, 1.82) is 0 Å². The smallest absolute Gasteiger partial charge is 0.462 e. The maximum Gasteiger partial charge on any atom is 0.469 e. The molecule has 0 aliphatic rings. The summed E-state index contributed by atoms with van der Waals surface area (Å²) in [4.78, 5) is 42.5. The number of unbranched alkanes of at least 4 members (excludes halogenated alkanes) is 9. The number of allylic oxidation sites excluding steroid dienone is 12. The third-order valence-corrected chi connectivity index (χ3v) is 7.49. The molecule has 0 bridgehead atoms. The van der Waals surface area contributed by atoms with Gasteiger partial charge >= 0.3 is 19.8 Å². The Kier molecular flexibility index (Phi) is 31.6. The SMILES string of the molecule is CC/C=C/C/C=C/C/C=C/C/C=C/C/C=C/C/C=C/CCC(=O)OC[C@H](COP(=O)(O)O)OC(=O)CCCCCCCCCCCC. The Hall–Kier alpha value is -2.51. The fraction of sp³-hybridized carbons (Fsp3) is 0.632. The van der Waals surface area contributed by atoms with Crippen LogP contribution in [0.4, 0.5) is 0 Å². The Labute approximate surface area is 285 Å². The Morgan fingerprint density at radius 1 is 0.574 bits per heavy atom. The average molecular weight is 679 g/mol. The first-order valence-electron chi connectivity index (χ1n) is 17.7. The highest BCUT2D eigenvalue weighted by Gasteiger charge is 2.22. The van der Waals surface area contributed by atoms with Gasteiger partial charge in [0.05, 0.1) is 6.61 Å². The van der Waals surface area contributed by atoms with Crippen molar-refractivity contribution in [3.8, 4) is 0 Å². The monoisotopic (exact) mass is 678 g/mol. The van der Waals surface area contributed by atoms with E-state index in [-0.39, 0.29) is 19.4 Å². The van der Waals surface area contributed by atoms with Crippen molar-refractivity contribution in [2.24, 2.45) is 0 Å². The number of rotatable bonds is 31. The molecule has 9 heteroatoms. The number of phosphoric acid groups is 1. The van der Waals surface area contributed by atoms with Crippen LogP contribution in [-0.2, 0) is 28.2 Å². The van der Waals surface area contributed by atoms with Crippen LogP contribution in [0.25, 0.3) is 0 Å². The molecule has 47 heavy (non-hydrogen) atoms. The first-order valence-corrected chi connectivity index (χ1v) is 19.3. The largest absolute Gasteiger partial charge is 0.469 e. The highest BCUT2D eigenvalue weighted by Crippen LogP contribution is 2.35. The van der Waals surface area contributed by atoms with Crippen molar-refractivity contribution in [1.82, 2.24) is 0 Å². The predicted octanol–water partition coefficient (Wildman–Crippen LogP) is 10.3. The van der Waals surface area contributed by atoms with Gasteiger partial charge in [0.25, 0.3) is 0 Å². The van der Waals surface area contributed by atoms with Crippen molar-refractivity contribution < 1.29 is 37.9 Å². The number of carbonyl (C=O) groups is 2. The van der Waals surface area contributed by atoms with Gasteiger partial charge in [-0.25, -0.2) is 4.57 Å². The zero-order valence-electron chi connectivity index (χ0n) is 29.1. The molecule has 0 aromatic carbocycles. The summed E-state index contributed by atoms with van der Waals surface area (Å²) >= 11 is 0. The third kappa shape index (κ3) is 36.2. The van der Waals surface area contributed by atoms with Gasteiger partial charge in [-0.1, -0.05) is 145 Å². The maximum absolute atomic E-state index is 12.3. The van der Waals surface area contributed by atoms with E-state index in [1.54, 1.807) is 0 Å². The van der Waals surface area contributed by atoms with Crippen molar-refractivity contribution in [2.45, 2.75) is 142 Å². The van der Waals surface area contributed by atoms with Crippen molar-refractivity contribution in [2.75, 3.05) is 13.2 Å². The predicted molar refractivity (Wildman–Crippen MR) is 193 cm³/mol. The minimum absolute atomic E-state index is 0.140. The quantitative estimate of drug-likeness (QED) is 0.0322.